The number of hydrogen-bond acceptors (Lipinski definition) is 18. The predicted molar refractivity (Wildman–Crippen MR) is 405 cm³/mol. The second-order valence-corrected chi connectivity index (χ2v) is 26.4. The molecule has 4 aromatic carbocycles. The Morgan fingerprint density at radius 2 is 0.500 bits per heavy atom. The Labute approximate surface area is 619 Å². The highest BCUT2D eigenvalue weighted by atomic mass is 16.6. The highest BCUT2D eigenvalue weighted by Crippen LogP contribution is 2.42. The molecule has 5 rings (SSSR count). The van der Waals surface area contributed by atoms with Crippen molar-refractivity contribution < 1.29 is 85.7 Å². The van der Waals surface area contributed by atoms with E-state index < -0.39 is 41.8 Å². The lowest BCUT2D eigenvalue weighted by Gasteiger charge is -2.25. The second kappa shape index (κ2) is 50.7. The highest BCUT2D eigenvalue weighted by Gasteiger charge is 2.26. The van der Waals surface area contributed by atoms with Crippen LogP contribution in [0.3, 0.4) is 0 Å². The molecule has 1 aliphatic carbocycles. The van der Waals surface area contributed by atoms with Gasteiger partial charge < -0.3 is 52.1 Å². The molecular formula is C86H118O18. The standard InChI is InChI=1S/C86H118O18/c1-10-17-21-25-33-64-51-68-59-70-53-65(34-26-22-18-11-2)55-72(83(70)101-47-30-44-98-80(91)41-38-77(88)95-15-6)61-74-57-67(36-28-24-20-13-4)58-75(85(74)103-49-32-50-104-86(93)63(8)9)62-73-56-66(35-27-23-19-12-3)54-71(84(73)102-48-31-45-99-81(92)42-39-78(89)96-16-7)60-69(52-64)82(68)100-46-29-43-97-79(90)40-37-76(87)94-14-5/h37-42,51-58H,8,10-36,43-50,59-62H2,1-7,9H3/b40-37-,41-38-,42-39-. The molecule has 0 atom stereocenters. The minimum atomic E-state index is -0.682. The van der Waals surface area contributed by atoms with E-state index in [1.807, 2.05) is 0 Å². The third-order valence-corrected chi connectivity index (χ3v) is 17.4. The van der Waals surface area contributed by atoms with Crippen LogP contribution in [0.25, 0.3) is 0 Å². The number of aryl methyl sites for hydroxylation is 4. The fraction of sp³-hybridized carbons (Fsp3) is 0.547. The number of benzene rings is 4. The molecule has 0 saturated carbocycles. The van der Waals surface area contributed by atoms with Crippen molar-refractivity contribution in [1.82, 2.24) is 0 Å². The molecule has 0 amide bonds. The Bertz CT molecular complexity index is 3280. The Balaban J connectivity index is 1.88. The van der Waals surface area contributed by atoms with E-state index in [1.54, 1.807) is 27.7 Å². The summed E-state index contributed by atoms with van der Waals surface area (Å²) in [5.74, 6) is -1.66. The summed E-state index contributed by atoms with van der Waals surface area (Å²) in [5, 5.41) is 0. The first-order valence-electron chi connectivity index (χ1n) is 38.5. The maximum absolute atomic E-state index is 12.9. The van der Waals surface area contributed by atoms with E-state index in [9.17, 15) is 33.6 Å². The number of esters is 7. The highest BCUT2D eigenvalue weighted by molar-refractivity contribution is 5.93. The second-order valence-electron chi connectivity index (χ2n) is 26.4. The zero-order valence-electron chi connectivity index (χ0n) is 63.7. The van der Waals surface area contributed by atoms with E-state index >= 15 is 0 Å². The number of ether oxygens (including phenoxy) is 11. The minimum Gasteiger partial charge on any atom is -0.493 e. The lowest BCUT2D eigenvalue weighted by Crippen LogP contribution is -2.14. The normalized spacial score (nSPS) is 11.9. The van der Waals surface area contributed by atoms with Gasteiger partial charge >= 0.3 is 41.8 Å². The average Bonchev–Trinajstić information content (AvgIpc) is 0.764. The lowest BCUT2D eigenvalue weighted by molar-refractivity contribution is -0.140. The molecule has 104 heavy (non-hydrogen) atoms. The van der Waals surface area contributed by atoms with Crippen molar-refractivity contribution in [3.63, 3.8) is 0 Å². The summed E-state index contributed by atoms with van der Waals surface area (Å²) in [6, 6.07) is 18.3. The van der Waals surface area contributed by atoms with E-state index in [0.29, 0.717) is 79.9 Å². The smallest absolute Gasteiger partial charge is 0.333 e. The first-order valence-corrected chi connectivity index (χ1v) is 38.5. The summed E-state index contributed by atoms with van der Waals surface area (Å²) in [5.41, 5.74) is 12.5. The van der Waals surface area contributed by atoms with Crippen LogP contribution < -0.4 is 18.9 Å². The number of carbonyl (C=O) groups is 7. The van der Waals surface area contributed by atoms with Crippen LogP contribution in [0.15, 0.2) is 97.1 Å². The maximum Gasteiger partial charge on any atom is 0.333 e. The molecule has 4 aromatic rings. The van der Waals surface area contributed by atoms with Crippen molar-refractivity contribution in [2.24, 2.45) is 0 Å². The van der Waals surface area contributed by atoms with E-state index in [-0.39, 0.29) is 72.7 Å². The van der Waals surface area contributed by atoms with Gasteiger partial charge in [0.1, 0.15) is 23.0 Å². The number of carbonyl (C=O) groups excluding carboxylic acids is 7. The number of unbranched alkanes of at least 4 members (excludes halogenated alkanes) is 12. The van der Waals surface area contributed by atoms with Gasteiger partial charge in [0.25, 0.3) is 0 Å². The van der Waals surface area contributed by atoms with Crippen molar-refractivity contribution in [2.45, 2.75) is 235 Å². The lowest BCUT2D eigenvalue weighted by atomic mass is 9.87. The molecular weight excluding hydrogens is 1320 g/mol. The van der Waals surface area contributed by atoms with Gasteiger partial charge in [0.15, 0.2) is 0 Å². The Kier molecular flexibility index (Phi) is 41.9. The van der Waals surface area contributed by atoms with Gasteiger partial charge in [-0.3, -0.25) is 0 Å². The summed E-state index contributed by atoms with van der Waals surface area (Å²) >= 11 is 0. The predicted octanol–water partition coefficient (Wildman–Crippen LogP) is 17.0. The van der Waals surface area contributed by atoms with E-state index in [4.69, 9.17) is 52.1 Å². The van der Waals surface area contributed by atoms with Gasteiger partial charge in [-0.2, -0.15) is 0 Å². The molecule has 8 bridgehead atoms. The molecule has 0 unspecified atom stereocenters. The molecule has 18 nitrogen and oxygen atoms in total. The van der Waals surface area contributed by atoms with Gasteiger partial charge in [-0.25, -0.2) is 33.6 Å². The summed E-state index contributed by atoms with van der Waals surface area (Å²) in [4.78, 5) is 87.7. The van der Waals surface area contributed by atoms with Crippen molar-refractivity contribution in [3.05, 3.63) is 164 Å². The largest absolute Gasteiger partial charge is 0.493 e. The fourth-order valence-electron chi connectivity index (χ4n) is 12.4. The van der Waals surface area contributed by atoms with Crippen molar-refractivity contribution >= 4 is 41.8 Å². The van der Waals surface area contributed by atoms with Crippen LogP contribution in [0.4, 0.5) is 0 Å². The summed E-state index contributed by atoms with van der Waals surface area (Å²) in [6.45, 7) is 20.8. The third kappa shape index (κ3) is 33.0. The molecule has 0 spiro atoms. The molecule has 0 N–H and O–H groups in total. The van der Waals surface area contributed by atoms with Gasteiger partial charge in [0, 0.05) is 93.4 Å². The molecule has 0 fully saturated rings. The summed E-state index contributed by atoms with van der Waals surface area (Å²) < 4.78 is 66.0. The Morgan fingerprint density at radius 1 is 0.288 bits per heavy atom. The zero-order valence-corrected chi connectivity index (χ0v) is 63.7. The van der Waals surface area contributed by atoms with Crippen LogP contribution in [0.5, 0.6) is 23.0 Å². The molecule has 0 aromatic heterocycles. The van der Waals surface area contributed by atoms with E-state index in [2.05, 4.69) is 82.8 Å². The average molecular weight is 1440 g/mol. The third-order valence-electron chi connectivity index (χ3n) is 17.4. The van der Waals surface area contributed by atoms with E-state index in [0.717, 1.165) is 232 Å². The molecule has 18 heteroatoms. The number of rotatable bonds is 50. The Hall–Kier alpha value is -8.67. The van der Waals surface area contributed by atoms with Crippen LogP contribution in [-0.2, 0) is 118 Å². The van der Waals surface area contributed by atoms with Gasteiger partial charge in [-0.15, -0.1) is 0 Å². The first kappa shape index (κ1) is 86.0. The topological polar surface area (TPSA) is 221 Å². The van der Waals surface area contributed by atoms with Crippen LogP contribution >= 0.6 is 0 Å². The van der Waals surface area contributed by atoms with Crippen LogP contribution in [0.1, 0.15) is 251 Å². The molecule has 0 saturated heterocycles. The monoisotopic (exact) mass is 1440 g/mol. The first-order chi connectivity index (χ1) is 50.5. The van der Waals surface area contributed by atoms with Crippen LogP contribution in [0.2, 0.25) is 0 Å². The zero-order chi connectivity index (χ0) is 75.1. The fourth-order valence-corrected chi connectivity index (χ4v) is 12.4. The molecule has 0 aliphatic heterocycles. The van der Waals surface area contributed by atoms with E-state index in [1.165, 1.54) is 0 Å². The molecule has 0 heterocycles. The maximum atomic E-state index is 12.9. The molecule has 1 aliphatic rings. The van der Waals surface area contributed by atoms with Crippen LogP contribution in [-0.4, -0.2) is 114 Å². The van der Waals surface area contributed by atoms with Gasteiger partial charge in [-0.05, 0) is 146 Å². The molecule has 570 valence electrons. The van der Waals surface area contributed by atoms with Crippen LogP contribution in [0, 0.1) is 0 Å². The van der Waals surface area contributed by atoms with Gasteiger partial charge in [0.2, 0.25) is 0 Å². The van der Waals surface area contributed by atoms with Gasteiger partial charge in [0.05, 0.1) is 72.7 Å². The van der Waals surface area contributed by atoms with Crippen molar-refractivity contribution in [2.75, 3.05) is 72.7 Å². The van der Waals surface area contributed by atoms with Gasteiger partial charge in [-0.1, -0.05) is 160 Å². The Morgan fingerprint density at radius 3 is 0.702 bits per heavy atom. The SMILES string of the molecule is C=C(C)C(=O)OCCCOc1c2cc(CCCCCC)cc1Cc1cc(CCCCCC)cc(c1OCCCOC(=O)/C=C\C(=O)OCC)Cc1cc(CCCCCC)cc(c1OCCCOC(=O)/C=C\C(=O)OCC)Cc1cc(CCCCCC)cc(c1OCCCOC(=O)/C=C\C(=O)OCC)C2. The number of hydrogen-bond donors (Lipinski definition) is 0. The summed E-state index contributed by atoms with van der Waals surface area (Å²) in [7, 11) is 0. The number of fused-ring (bicyclic) bond motifs is 8. The quantitative estimate of drug-likeness (QED) is 0.0153. The van der Waals surface area contributed by atoms with Crippen molar-refractivity contribution in [1.29, 1.82) is 0 Å². The minimum absolute atomic E-state index is 0.0117. The molecule has 0 radical (unpaired) electrons. The summed E-state index contributed by atoms with van der Waals surface area (Å²) in [6.07, 6.45) is 29.4. The van der Waals surface area contributed by atoms with Crippen molar-refractivity contribution in [3.8, 4) is 23.0 Å².